The summed E-state index contributed by atoms with van der Waals surface area (Å²) < 4.78 is 2.35. The number of rotatable bonds is 0. The quantitative estimate of drug-likeness (QED) is 0.289. The molecule has 0 unspecified atom stereocenters. The number of aromatic nitrogens is 1. The lowest BCUT2D eigenvalue weighted by molar-refractivity contribution is -0.632. The van der Waals surface area contributed by atoms with Crippen molar-refractivity contribution in [1.29, 1.82) is 0 Å². The third-order valence-electron chi connectivity index (χ3n) is 4.52. The van der Waals surface area contributed by atoms with Crippen molar-refractivity contribution in [3.63, 3.8) is 0 Å². The van der Waals surface area contributed by atoms with Crippen LogP contribution < -0.4 is 4.57 Å². The van der Waals surface area contributed by atoms with Crippen molar-refractivity contribution in [3.05, 3.63) is 66.7 Å². The van der Waals surface area contributed by atoms with Crippen LogP contribution in [0.2, 0.25) is 0 Å². The number of fused-ring (bicyclic) bond motifs is 4. The molecule has 0 bridgehead atoms. The third-order valence-corrected chi connectivity index (χ3v) is 5.65. The van der Waals surface area contributed by atoms with Gasteiger partial charge in [-0.15, -0.1) is 0 Å². The van der Waals surface area contributed by atoms with E-state index < -0.39 is 0 Å². The summed E-state index contributed by atoms with van der Waals surface area (Å²) in [6.07, 6.45) is 0. The molecule has 2 heteroatoms. The molecule has 0 radical (unpaired) electrons. The Labute approximate surface area is 133 Å². The second-order valence-electron chi connectivity index (χ2n) is 5.70. The fraction of sp³-hybridized carbons (Fsp3) is 0.0500. The lowest BCUT2D eigenvalue weighted by Crippen LogP contribution is -2.33. The molecule has 2 heterocycles. The normalized spacial score (nSPS) is 12.6. The number of pyridine rings is 1. The van der Waals surface area contributed by atoms with Crippen molar-refractivity contribution in [2.75, 3.05) is 0 Å². The van der Waals surface area contributed by atoms with E-state index in [4.69, 9.17) is 0 Å². The predicted molar refractivity (Wildman–Crippen MR) is 92.2 cm³/mol. The number of nitrogens with zero attached hydrogens (tertiary/aromatic N) is 1. The van der Waals surface area contributed by atoms with Gasteiger partial charge in [-0.3, -0.25) is 0 Å². The first kappa shape index (κ1) is 12.2. The van der Waals surface area contributed by atoms with Gasteiger partial charge in [0.05, 0.1) is 16.3 Å². The Kier molecular flexibility index (Phi) is 2.42. The number of hydrogen-bond acceptors (Lipinski definition) is 1. The van der Waals surface area contributed by atoms with Gasteiger partial charge in [-0.25, -0.2) is 0 Å². The highest BCUT2D eigenvalue weighted by atomic mass is 32.2. The molecule has 22 heavy (non-hydrogen) atoms. The maximum Gasteiger partial charge on any atom is 0.222 e. The zero-order chi connectivity index (χ0) is 14.7. The molecule has 0 saturated heterocycles. The van der Waals surface area contributed by atoms with Gasteiger partial charge in [0.2, 0.25) is 11.2 Å². The van der Waals surface area contributed by atoms with Gasteiger partial charge in [0, 0.05) is 21.2 Å². The molecule has 3 aromatic carbocycles. The summed E-state index contributed by atoms with van der Waals surface area (Å²) in [7, 11) is 2.18. The average Bonchev–Trinajstić information content (AvgIpc) is 2.58. The van der Waals surface area contributed by atoms with Crippen LogP contribution in [-0.4, -0.2) is 0 Å². The Morgan fingerprint density at radius 3 is 2.41 bits per heavy atom. The molecule has 0 amide bonds. The van der Waals surface area contributed by atoms with E-state index in [-0.39, 0.29) is 0 Å². The first-order chi connectivity index (χ1) is 10.8. The van der Waals surface area contributed by atoms with Gasteiger partial charge in [-0.1, -0.05) is 48.2 Å². The molecule has 1 aliphatic heterocycles. The molecule has 5 rings (SSSR count). The standard InChI is InChI=1S/C20H14NS/c1-21-16-10-4-2-7-13(16)14-9-6-12-18-19(14)20(21)15-8-3-5-11-17(15)22-18/h2-12H,1H3/q+1. The zero-order valence-electron chi connectivity index (χ0n) is 12.2. The minimum absolute atomic E-state index is 1.28. The van der Waals surface area contributed by atoms with Gasteiger partial charge in [0.25, 0.3) is 0 Å². The number of benzene rings is 3. The lowest BCUT2D eigenvalue weighted by Gasteiger charge is -2.19. The van der Waals surface area contributed by atoms with E-state index in [0.717, 1.165) is 0 Å². The highest BCUT2D eigenvalue weighted by Gasteiger charge is 2.28. The first-order valence-corrected chi connectivity index (χ1v) is 8.27. The molecule has 0 N–H and O–H groups in total. The van der Waals surface area contributed by atoms with E-state index in [2.05, 4.69) is 78.3 Å². The van der Waals surface area contributed by atoms with Crippen LogP contribution in [0.4, 0.5) is 0 Å². The number of aryl methyl sites for hydroxylation is 1. The monoisotopic (exact) mass is 300 g/mol. The molecule has 0 spiro atoms. The topological polar surface area (TPSA) is 3.88 Å². The Bertz CT molecular complexity index is 1070. The average molecular weight is 300 g/mol. The van der Waals surface area contributed by atoms with Gasteiger partial charge in [-0.05, 0) is 24.3 Å². The smallest absolute Gasteiger partial charge is 0.193 e. The molecule has 1 aromatic heterocycles. The van der Waals surface area contributed by atoms with Crippen molar-refractivity contribution in [2.24, 2.45) is 7.05 Å². The molecule has 0 atom stereocenters. The van der Waals surface area contributed by atoms with E-state index in [0.29, 0.717) is 0 Å². The summed E-state index contributed by atoms with van der Waals surface area (Å²) in [5.41, 5.74) is 3.95. The summed E-state index contributed by atoms with van der Waals surface area (Å²) in [6.45, 7) is 0. The minimum atomic E-state index is 1.28. The van der Waals surface area contributed by atoms with Crippen LogP contribution in [0.1, 0.15) is 0 Å². The van der Waals surface area contributed by atoms with Crippen molar-refractivity contribution < 1.29 is 4.57 Å². The number of para-hydroxylation sites is 1. The lowest BCUT2D eigenvalue weighted by atomic mass is 9.99. The fourth-order valence-electron chi connectivity index (χ4n) is 3.55. The summed E-state index contributed by atoms with van der Waals surface area (Å²) in [5, 5.41) is 4.06. The molecular formula is C20H14NS+. The highest BCUT2D eigenvalue weighted by Crippen LogP contribution is 2.47. The van der Waals surface area contributed by atoms with Crippen LogP contribution in [0.3, 0.4) is 0 Å². The van der Waals surface area contributed by atoms with Crippen molar-refractivity contribution in [1.82, 2.24) is 0 Å². The molecule has 0 fully saturated rings. The van der Waals surface area contributed by atoms with Gasteiger partial charge in [-0.2, -0.15) is 4.57 Å². The Morgan fingerprint density at radius 2 is 1.45 bits per heavy atom. The third kappa shape index (κ3) is 1.48. The number of hydrogen-bond donors (Lipinski definition) is 0. The van der Waals surface area contributed by atoms with Crippen LogP contribution >= 0.6 is 11.8 Å². The van der Waals surface area contributed by atoms with Crippen LogP contribution in [0.25, 0.3) is 32.9 Å². The van der Waals surface area contributed by atoms with E-state index in [1.807, 2.05) is 11.8 Å². The summed E-state index contributed by atoms with van der Waals surface area (Å²) in [5.74, 6) is 0. The molecule has 1 aliphatic rings. The highest BCUT2D eigenvalue weighted by molar-refractivity contribution is 7.99. The van der Waals surface area contributed by atoms with Gasteiger partial charge in [0.15, 0.2) is 0 Å². The minimum Gasteiger partial charge on any atom is -0.193 e. The Morgan fingerprint density at radius 1 is 0.727 bits per heavy atom. The predicted octanol–water partition coefficient (Wildman–Crippen LogP) is 4.95. The molecule has 1 nitrogen and oxygen atoms in total. The fourth-order valence-corrected chi connectivity index (χ4v) is 4.67. The maximum absolute atomic E-state index is 2.35. The second kappa shape index (κ2) is 4.34. The van der Waals surface area contributed by atoms with Crippen LogP contribution in [0.5, 0.6) is 0 Å². The summed E-state index contributed by atoms with van der Waals surface area (Å²) in [6, 6.07) is 24.1. The summed E-state index contributed by atoms with van der Waals surface area (Å²) >= 11 is 1.88. The molecular weight excluding hydrogens is 286 g/mol. The first-order valence-electron chi connectivity index (χ1n) is 7.45. The van der Waals surface area contributed by atoms with Crippen molar-refractivity contribution in [2.45, 2.75) is 9.79 Å². The van der Waals surface area contributed by atoms with Crippen LogP contribution in [0.15, 0.2) is 76.5 Å². The maximum atomic E-state index is 2.35. The SMILES string of the molecule is C[n+]1c2c3c(cccc3c3ccccc31)Sc1ccccc1-2. The molecule has 104 valence electrons. The van der Waals surface area contributed by atoms with Gasteiger partial charge < -0.3 is 0 Å². The summed E-state index contributed by atoms with van der Waals surface area (Å²) in [4.78, 5) is 2.70. The van der Waals surface area contributed by atoms with Gasteiger partial charge >= 0.3 is 0 Å². The van der Waals surface area contributed by atoms with E-state index in [1.54, 1.807) is 0 Å². The Hall–Kier alpha value is -2.32. The molecule has 0 aliphatic carbocycles. The molecule has 4 aromatic rings. The second-order valence-corrected chi connectivity index (χ2v) is 6.79. The van der Waals surface area contributed by atoms with E-state index >= 15 is 0 Å². The van der Waals surface area contributed by atoms with Crippen LogP contribution in [0, 0.1) is 0 Å². The zero-order valence-corrected chi connectivity index (χ0v) is 13.0. The van der Waals surface area contributed by atoms with E-state index in [9.17, 15) is 0 Å². The van der Waals surface area contributed by atoms with E-state index in [1.165, 1.54) is 42.7 Å². The van der Waals surface area contributed by atoms with Gasteiger partial charge in [0.1, 0.15) is 7.05 Å². The molecule has 0 saturated carbocycles. The largest absolute Gasteiger partial charge is 0.222 e. The van der Waals surface area contributed by atoms with Crippen molar-refractivity contribution >= 4 is 33.4 Å². The Balaban J connectivity index is 2.12. The van der Waals surface area contributed by atoms with Crippen LogP contribution in [-0.2, 0) is 7.05 Å². The van der Waals surface area contributed by atoms with Crippen molar-refractivity contribution in [3.8, 4) is 11.3 Å².